The van der Waals surface area contributed by atoms with Gasteiger partial charge in [-0.2, -0.15) is 0 Å². The molecule has 0 spiro atoms. The Bertz CT molecular complexity index is 1110. The molecular formula is C24H22N2O5. The van der Waals surface area contributed by atoms with Crippen molar-refractivity contribution in [2.24, 2.45) is 0 Å². The van der Waals surface area contributed by atoms with Crippen molar-refractivity contribution in [3.05, 3.63) is 93.5 Å². The molecule has 3 aromatic carbocycles. The normalized spacial score (nSPS) is 10.5. The van der Waals surface area contributed by atoms with Crippen LogP contribution in [0, 0.1) is 10.1 Å². The number of benzene rings is 3. The fourth-order valence-electron chi connectivity index (χ4n) is 3.45. The van der Waals surface area contributed by atoms with Crippen LogP contribution in [0.15, 0.2) is 66.7 Å². The number of amides is 1. The van der Waals surface area contributed by atoms with Gasteiger partial charge in [0.2, 0.25) is 5.91 Å². The molecule has 0 saturated carbocycles. The van der Waals surface area contributed by atoms with Gasteiger partial charge in [-0.3, -0.25) is 14.9 Å². The number of aryl methyl sites for hydroxylation is 1. The van der Waals surface area contributed by atoms with Crippen LogP contribution in [0.4, 0.5) is 11.4 Å². The highest BCUT2D eigenvalue weighted by Crippen LogP contribution is 2.32. The average molecular weight is 418 g/mol. The van der Waals surface area contributed by atoms with Crippen LogP contribution < -0.4 is 5.32 Å². The Morgan fingerprint density at radius 3 is 2.19 bits per heavy atom. The van der Waals surface area contributed by atoms with Crippen molar-refractivity contribution in [1.29, 1.82) is 0 Å². The standard InChI is InChI=1S/C24H22N2O5/c1-2-19-20(24(28)29)13-14-21(26(30)31)23(19)25-22(27)15-10-16-8-11-18(12-9-16)17-6-4-3-5-7-17/h3-9,11-14H,2,10,15H2,1H3,(H,25,27)(H,28,29). The number of aromatic carboxylic acids is 1. The smallest absolute Gasteiger partial charge is 0.336 e. The third-order valence-corrected chi connectivity index (χ3v) is 5.04. The predicted molar refractivity (Wildman–Crippen MR) is 118 cm³/mol. The van der Waals surface area contributed by atoms with Crippen LogP contribution in [-0.4, -0.2) is 21.9 Å². The number of carboxylic acid groups (broad SMARTS) is 1. The number of nitro groups is 1. The minimum Gasteiger partial charge on any atom is -0.478 e. The number of anilines is 1. The number of nitrogens with one attached hydrogen (secondary N) is 1. The van der Waals surface area contributed by atoms with Gasteiger partial charge >= 0.3 is 5.97 Å². The van der Waals surface area contributed by atoms with E-state index in [1.807, 2.05) is 54.6 Å². The van der Waals surface area contributed by atoms with Crippen LogP contribution >= 0.6 is 0 Å². The molecule has 0 aliphatic carbocycles. The fourth-order valence-corrected chi connectivity index (χ4v) is 3.45. The van der Waals surface area contributed by atoms with Crippen molar-refractivity contribution in [1.82, 2.24) is 0 Å². The molecule has 0 bridgehead atoms. The number of carboxylic acids is 1. The van der Waals surface area contributed by atoms with Gasteiger partial charge in [0.15, 0.2) is 0 Å². The molecule has 0 atom stereocenters. The number of nitrogens with zero attached hydrogens (tertiary/aromatic N) is 1. The van der Waals surface area contributed by atoms with Crippen molar-refractivity contribution in [3.8, 4) is 11.1 Å². The molecule has 0 fully saturated rings. The topological polar surface area (TPSA) is 110 Å². The SMILES string of the molecule is CCc1c(C(=O)O)ccc([N+](=O)[O-])c1NC(=O)CCc1ccc(-c2ccccc2)cc1. The quantitative estimate of drug-likeness (QED) is 0.391. The molecule has 1 amide bonds. The second-order valence-electron chi connectivity index (χ2n) is 7.01. The summed E-state index contributed by atoms with van der Waals surface area (Å²) in [5, 5.41) is 23.3. The molecule has 158 valence electrons. The zero-order valence-corrected chi connectivity index (χ0v) is 17.0. The van der Waals surface area contributed by atoms with Crippen LogP contribution in [-0.2, 0) is 17.6 Å². The lowest BCUT2D eigenvalue weighted by molar-refractivity contribution is -0.384. The predicted octanol–water partition coefficient (Wildman–Crippen LogP) is 5.09. The first-order valence-electron chi connectivity index (χ1n) is 9.88. The molecule has 0 saturated heterocycles. The van der Waals surface area contributed by atoms with Gasteiger partial charge in [-0.05, 0) is 41.2 Å². The second-order valence-corrected chi connectivity index (χ2v) is 7.01. The van der Waals surface area contributed by atoms with Crippen molar-refractivity contribution in [3.63, 3.8) is 0 Å². The Labute approximate surface area is 179 Å². The number of carbonyl (C=O) groups is 2. The Morgan fingerprint density at radius 2 is 1.61 bits per heavy atom. The van der Waals surface area contributed by atoms with Crippen molar-refractivity contribution >= 4 is 23.3 Å². The summed E-state index contributed by atoms with van der Waals surface area (Å²) in [6.45, 7) is 1.69. The molecule has 0 heterocycles. The van der Waals surface area contributed by atoms with Gasteiger partial charge < -0.3 is 10.4 Å². The fraction of sp³-hybridized carbons (Fsp3) is 0.167. The Morgan fingerprint density at radius 1 is 0.968 bits per heavy atom. The second kappa shape index (κ2) is 9.67. The summed E-state index contributed by atoms with van der Waals surface area (Å²) < 4.78 is 0. The molecule has 0 radical (unpaired) electrons. The molecule has 0 aliphatic rings. The first-order chi connectivity index (χ1) is 14.9. The third-order valence-electron chi connectivity index (χ3n) is 5.04. The lowest BCUT2D eigenvalue weighted by Gasteiger charge is -2.13. The molecule has 7 nitrogen and oxygen atoms in total. The maximum absolute atomic E-state index is 12.5. The van der Waals surface area contributed by atoms with Gasteiger partial charge in [-0.15, -0.1) is 0 Å². The molecule has 0 aromatic heterocycles. The van der Waals surface area contributed by atoms with Gasteiger partial charge in [-0.25, -0.2) is 4.79 Å². The summed E-state index contributed by atoms with van der Waals surface area (Å²) in [4.78, 5) is 34.7. The number of rotatable bonds is 8. The molecule has 7 heteroatoms. The molecule has 2 N–H and O–H groups in total. The summed E-state index contributed by atoms with van der Waals surface area (Å²) in [6.07, 6.45) is 0.803. The molecular weight excluding hydrogens is 396 g/mol. The Hall–Kier alpha value is -4.00. The van der Waals surface area contributed by atoms with Crippen molar-refractivity contribution < 1.29 is 19.6 Å². The average Bonchev–Trinajstić information content (AvgIpc) is 2.78. The minimum absolute atomic E-state index is 0.0446. The van der Waals surface area contributed by atoms with E-state index in [1.165, 1.54) is 6.07 Å². The first kappa shape index (κ1) is 21.7. The van der Waals surface area contributed by atoms with E-state index in [4.69, 9.17) is 0 Å². The van der Waals surface area contributed by atoms with Crippen molar-refractivity contribution in [2.45, 2.75) is 26.2 Å². The Kier molecular flexibility index (Phi) is 6.77. The summed E-state index contributed by atoms with van der Waals surface area (Å²) in [5.41, 5.74) is 2.95. The van der Waals surface area contributed by atoms with Crippen LogP contribution in [0.1, 0.15) is 34.8 Å². The highest BCUT2D eigenvalue weighted by atomic mass is 16.6. The van der Waals surface area contributed by atoms with Gasteiger partial charge in [0.05, 0.1) is 10.5 Å². The van der Waals surface area contributed by atoms with Gasteiger partial charge in [0, 0.05) is 12.5 Å². The van der Waals surface area contributed by atoms with Gasteiger partial charge in [-0.1, -0.05) is 61.5 Å². The molecule has 0 aliphatic heterocycles. The monoisotopic (exact) mass is 418 g/mol. The van der Waals surface area contributed by atoms with Gasteiger partial charge in [0.25, 0.3) is 5.69 Å². The number of hydrogen-bond acceptors (Lipinski definition) is 4. The van der Waals surface area contributed by atoms with Crippen LogP contribution in [0.25, 0.3) is 11.1 Å². The van der Waals surface area contributed by atoms with E-state index >= 15 is 0 Å². The van der Waals surface area contributed by atoms with E-state index in [9.17, 15) is 24.8 Å². The third kappa shape index (κ3) is 5.14. The number of carbonyl (C=O) groups excluding carboxylic acids is 1. The molecule has 31 heavy (non-hydrogen) atoms. The first-order valence-corrected chi connectivity index (χ1v) is 9.88. The molecule has 3 aromatic rings. The molecule has 0 unspecified atom stereocenters. The summed E-state index contributed by atoms with van der Waals surface area (Å²) in [7, 11) is 0. The number of nitro benzene ring substituents is 1. The van der Waals surface area contributed by atoms with E-state index in [-0.39, 0.29) is 35.3 Å². The van der Waals surface area contributed by atoms with Crippen molar-refractivity contribution in [2.75, 3.05) is 5.32 Å². The highest BCUT2D eigenvalue weighted by molar-refractivity contribution is 5.98. The number of hydrogen-bond donors (Lipinski definition) is 2. The maximum Gasteiger partial charge on any atom is 0.336 e. The van der Waals surface area contributed by atoms with Gasteiger partial charge in [0.1, 0.15) is 5.69 Å². The van der Waals surface area contributed by atoms with E-state index in [1.54, 1.807) is 6.92 Å². The molecule has 3 rings (SSSR count). The zero-order chi connectivity index (χ0) is 22.4. The Balaban J connectivity index is 1.73. The zero-order valence-electron chi connectivity index (χ0n) is 17.0. The summed E-state index contributed by atoms with van der Waals surface area (Å²) in [6, 6.07) is 20.1. The van der Waals surface area contributed by atoms with E-state index < -0.39 is 16.8 Å². The van der Waals surface area contributed by atoms with E-state index in [0.29, 0.717) is 6.42 Å². The van der Waals surface area contributed by atoms with Crippen LogP contribution in [0.5, 0.6) is 0 Å². The lowest BCUT2D eigenvalue weighted by Crippen LogP contribution is -2.17. The van der Waals surface area contributed by atoms with Crippen LogP contribution in [0.2, 0.25) is 0 Å². The van der Waals surface area contributed by atoms with E-state index in [2.05, 4.69) is 5.32 Å². The largest absolute Gasteiger partial charge is 0.478 e. The minimum atomic E-state index is -1.19. The van der Waals surface area contributed by atoms with E-state index in [0.717, 1.165) is 22.8 Å². The highest BCUT2D eigenvalue weighted by Gasteiger charge is 2.24. The maximum atomic E-state index is 12.5. The lowest BCUT2D eigenvalue weighted by atomic mass is 10.0. The summed E-state index contributed by atoms with van der Waals surface area (Å²) >= 11 is 0. The van der Waals surface area contributed by atoms with Crippen LogP contribution in [0.3, 0.4) is 0 Å². The summed E-state index contributed by atoms with van der Waals surface area (Å²) in [5.74, 6) is -1.60.